The van der Waals surface area contributed by atoms with Gasteiger partial charge in [0.1, 0.15) is 5.52 Å². The Hall–Kier alpha value is -2.03. The van der Waals surface area contributed by atoms with E-state index in [0.717, 1.165) is 22.4 Å². The normalized spacial score (nSPS) is 13.7. The minimum absolute atomic E-state index is 0.829. The van der Waals surface area contributed by atoms with Crippen LogP contribution < -0.4 is 5.32 Å². The molecule has 0 fully saturated rings. The van der Waals surface area contributed by atoms with Crippen molar-refractivity contribution >= 4 is 22.9 Å². The summed E-state index contributed by atoms with van der Waals surface area (Å²) in [5.41, 5.74) is 3.80. The summed E-state index contributed by atoms with van der Waals surface area (Å²) in [7, 11) is 0. The number of fused-ring (bicyclic) bond motifs is 3. The summed E-state index contributed by atoms with van der Waals surface area (Å²) >= 11 is 0. The third kappa shape index (κ3) is 0.956. The van der Waals surface area contributed by atoms with Gasteiger partial charge in [-0.1, -0.05) is 6.08 Å². The average molecular weight is 184 g/mol. The molecule has 0 amide bonds. The second-order valence-corrected chi connectivity index (χ2v) is 3.09. The first-order valence-electron chi connectivity index (χ1n) is 4.41. The summed E-state index contributed by atoms with van der Waals surface area (Å²) in [5, 5.41) is 3.18. The van der Waals surface area contributed by atoms with Gasteiger partial charge in [-0.25, -0.2) is 4.98 Å². The molecule has 0 aliphatic carbocycles. The largest absolute Gasteiger partial charge is 0.443 e. The summed E-state index contributed by atoms with van der Waals surface area (Å²) in [5.74, 6) is 0. The highest BCUT2D eigenvalue weighted by Gasteiger charge is 2.08. The molecule has 0 atom stereocenters. The molecule has 0 unspecified atom stereocenters. The third-order valence-electron chi connectivity index (χ3n) is 2.25. The van der Waals surface area contributed by atoms with E-state index in [4.69, 9.17) is 4.42 Å². The summed E-state index contributed by atoms with van der Waals surface area (Å²) in [4.78, 5) is 4.11. The van der Waals surface area contributed by atoms with Gasteiger partial charge < -0.3 is 9.73 Å². The SMILES string of the molecule is C1=CNc2ccc3ncoc3c2C=C1. The van der Waals surface area contributed by atoms with Gasteiger partial charge in [0.15, 0.2) is 12.0 Å². The molecule has 3 heteroatoms. The molecule has 0 saturated carbocycles. The van der Waals surface area contributed by atoms with Crippen LogP contribution in [-0.2, 0) is 0 Å². The first kappa shape index (κ1) is 7.38. The average Bonchev–Trinajstić information content (AvgIpc) is 2.55. The fraction of sp³-hybridized carbons (Fsp3) is 0. The molecule has 0 spiro atoms. The molecule has 0 radical (unpaired) electrons. The van der Waals surface area contributed by atoms with E-state index in [0.29, 0.717) is 0 Å². The van der Waals surface area contributed by atoms with Gasteiger partial charge in [0.2, 0.25) is 0 Å². The number of aromatic nitrogens is 1. The number of allylic oxidation sites excluding steroid dienone is 2. The van der Waals surface area contributed by atoms with Crippen LogP contribution in [0.5, 0.6) is 0 Å². The van der Waals surface area contributed by atoms with Crippen molar-refractivity contribution in [3.8, 4) is 0 Å². The van der Waals surface area contributed by atoms with E-state index in [1.165, 1.54) is 6.39 Å². The highest BCUT2D eigenvalue weighted by Crippen LogP contribution is 2.27. The van der Waals surface area contributed by atoms with Gasteiger partial charge >= 0.3 is 0 Å². The van der Waals surface area contributed by atoms with Crippen molar-refractivity contribution in [2.24, 2.45) is 0 Å². The van der Waals surface area contributed by atoms with E-state index in [2.05, 4.69) is 10.3 Å². The molecular formula is C11H8N2O. The van der Waals surface area contributed by atoms with E-state index in [1.54, 1.807) is 0 Å². The zero-order chi connectivity index (χ0) is 9.38. The van der Waals surface area contributed by atoms with Crippen LogP contribution in [0.25, 0.3) is 17.2 Å². The van der Waals surface area contributed by atoms with Crippen molar-refractivity contribution in [1.82, 2.24) is 4.98 Å². The lowest BCUT2D eigenvalue weighted by molar-refractivity contribution is 0.601. The first-order valence-corrected chi connectivity index (χ1v) is 4.41. The van der Waals surface area contributed by atoms with Gasteiger partial charge in [0.05, 0.1) is 0 Å². The monoisotopic (exact) mass is 184 g/mol. The molecule has 2 heterocycles. The van der Waals surface area contributed by atoms with Crippen molar-refractivity contribution in [3.63, 3.8) is 0 Å². The molecule has 0 bridgehead atoms. The third-order valence-corrected chi connectivity index (χ3v) is 2.25. The number of anilines is 1. The number of nitrogens with one attached hydrogen (secondary N) is 1. The van der Waals surface area contributed by atoms with Crippen molar-refractivity contribution in [1.29, 1.82) is 0 Å². The molecule has 2 aromatic rings. The van der Waals surface area contributed by atoms with Crippen molar-refractivity contribution in [2.75, 3.05) is 5.32 Å². The number of nitrogens with zero attached hydrogens (tertiary/aromatic N) is 1. The standard InChI is InChI=1S/C11H8N2O/c1-2-6-12-9-4-5-10-11(8(9)3-1)14-7-13-10/h1-7,12H. The molecule has 1 aliphatic rings. The van der Waals surface area contributed by atoms with Crippen molar-refractivity contribution in [3.05, 3.63) is 42.4 Å². The van der Waals surface area contributed by atoms with Crippen molar-refractivity contribution in [2.45, 2.75) is 0 Å². The quantitative estimate of drug-likeness (QED) is 0.684. The molecule has 3 nitrogen and oxygen atoms in total. The van der Waals surface area contributed by atoms with Crippen LogP contribution in [0.2, 0.25) is 0 Å². The minimum atomic E-state index is 0.829. The lowest BCUT2D eigenvalue weighted by Crippen LogP contribution is -1.89. The second-order valence-electron chi connectivity index (χ2n) is 3.09. The zero-order valence-corrected chi connectivity index (χ0v) is 7.40. The van der Waals surface area contributed by atoms with Crippen molar-refractivity contribution < 1.29 is 4.42 Å². The molecule has 0 saturated heterocycles. The predicted octanol–water partition coefficient (Wildman–Crippen LogP) is 2.78. The highest BCUT2D eigenvalue weighted by molar-refractivity contribution is 5.90. The van der Waals surface area contributed by atoms with Crippen LogP contribution in [0.15, 0.2) is 41.3 Å². The maximum absolute atomic E-state index is 5.34. The molecule has 68 valence electrons. The van der Waals surface area contributed by atoms with E-state index in [-0.39, 0.29) is 0 Å². The highest BCUT2D eigenvalue weighted by atomic mass is 16.3. The summed E-state index contributed by atoms with van der Waals surface area (Å²) < 4.78 is 5.34. The molecule has 3 rings (SSSR count). The van der Waals surface area contributed by atoms with E-state index >= 15 is 0 Å². The van der Waals surface area contributed by atoms with Crippen LogP contribution in [0.3, 0.4) is 0 Å². The van der Waals surface area contributed by atoms with Crippen LogP contribution in [-0.4, -0.2) is 4.98 Å². The Labute approximate surface area is 80.8 Å². The summed E-state index contributed by atoms with van der Waals surface area (Å²) in [6.45, 7) is 0. The molecule has 14 heavy (non-hydrogen) atoms. The van der Waals surface area contributed by atoms with Gasteiger partial charge in [-0.3, -0.25) is 0 Å². The Morgan fingerprint density at radius 2 is 2.21 bits per heavy atom. The maximum atomic E-state index is 5.34. The number of rotatable bonds is 0. The molecule has 1 aromatic carbocycles. The van der Waals surface area contributed by atoms with E-state index in [1.807, 2.05) is 36.6 Å². The van der Waals surface area contributed by atoms with Crippen LogP contribution >= 0.6 is 0 Å². The predicted molar refractivity (Wildman–Crippen MR) is 55.8 cm³/mol. The Morgan fingerprint density at radius 3 is 3.21 bits per heavy atom. The lowest BCUT2D eigenvalue weighted by atomic mass is 10.1. The molecular weight excluding hydrogens is 176 g/mol. The topological polar surface area (TPSA) is 38.1 Å². The van der Waals surface area contributed by atoms with E-state index < -0.39 is 0 Å². The second kappa shape index (κ2) is 2.73. The number of oxazole rings is 1. The Morgan fingerprint density at radius 1 is 1.21 bits per heavy atom. The van der Waals surface area contributed by atoms with E-state index in [9.17, 15) is 0 Å². The summed E-state index contributed by atoms with van der Waals surface area (Å²) in [6.07, 6.45) is 9.30. The Balaban J connectivity index is 2.38. The number of hydrogen-bond donors (Lipinski definition) is 1. The van der Waals surface area contributed by atoms with Gasteiger partial charge in [0, 0.05) is 17.5 Å². The molecule has 1 N–H and O–H groups in total. The van der Waals surface area contributed by atoms with Crippen LogP contribution in [0.4, 0.5) is 5.69 Å². The fourth-order valence-corrected chi connectivity index (χ4v) is 1.59. The number of hydrogen-bond acceptors (Lipinski definition) is 3. The summed E-state index contributed by atoms with van der Waals surface area (Å²) in [6, 6.07) is 3.94. The Bertz CT molecular complexity index is 537. The molecule has 1 aromatic heterocycles. The van der Waals surface area contributed by atoms with Gasteiger partial charge in [-0.05, 0) is 24.3 Å². The Kier molecular flexibility index (Phi) is 1.44. The van der Waals surface area contributed by atoms with Gasteiger partial charge in [-0.15, -0.1) is 0 Å². The fourth-order valence-electron chi connectivity index (χ4n) is 1.59. The minimum Gasteiger partial charge on any atom is -0.443 e. The maximum Gasteiger partial charge on any atom is 0.182 e. The van der Waals surface area contributed by atoms with Crippen LogP contribution in [0, 0.1) is 0 Å². The lowest BCUT2D eigenvalue weighted by Gasteiger charge is -2.03. The first-order chi connectivity index (χ1) is 6.95. The smallest absolute Gasteiger partial charge is 0.182 e. The van der Waals surface area contributed by atoms with Gasteiger partial charge in [-0.2, -0.15) is 0 Å². The molecule has 1 aliphatic heterocycles. The number of benzene rings is 1. The van der Waals surface area contributed by atoms with Crippen LogP contribution in [0.1, 0.15) is 5.56 Å². The van der Waals surface area contributed by atoms with Gasteiger partial charge in [0.25, 0.3) is 0 Å². The zero-order valence-electron chi connectivity index (χ0n) is 7.40.